The fourth-order valence-electron chi connectivity index (χ4n) is 1.97. The van der Waals surface area contributed by atoms with Crippen LogP contribution in [0.25, 0.3) is 0 Å². The maximum Gasteiger partial charge on any atom is 0.231 e. The molecule has 110 valence electrons. The van der Waals surface area contributed by atoms with Crippen molar-refractivity contribution in [3.63, 3.8) is 0 Å². The molecule has 0 fully saturated rings. The van der Waals surface area contributed by atoms with Gasteiger partial charge >= 0.3 is 0 Å². The molecule has 1 aliphatic heterocycles. The Morgan fingerprint density at radius 2 is 1.57 bits per heavy atom. The van der Waals surface area contributed by atoms with E-state index < -0.39 is 29.0 Å². The third-order valence-corrected chi connectivity index (χ3v) is 3.02. The first kappa shape index (κ1) is 13.5. The van der Waals surface area contributed by atoms with Gasteiger partial charge in [-0.05, 0) is 17.7 Å². The molecule has 0 aliphatic carbocycles. The largest absolute Gasteiger partial charge is 0.454 e. The lowest BCUT2D eigenvalue weighted by molar-refractivity contribution is 0.174. The zero-order chi connectivity index (χ0) is 15.0. The molecule has 3 rings (SSSR count). The predicted molar refractivity (Wildman–Crippen MR) is 66.2 cm³/mol. The zero-order valence-corrected chi connectivity index (χ0v) is 10.6. The van der Waals surface area contributed by atoms with Crippen molar-refractivity contribution in [1.82, 2.24) is 0 Å². The molecule has 0 atom stereocenters. The molecule has 1 aliphatic rings. The number of halogens is 4. The van der Waals surface area contributed by atoms with E-state index in [1.807, 2.05) is 0 Å². The molecule has 0 amide bonds. The number of ether oxygens (including phenoxy) is 2. The van der Waals surface area contributed by atoms with Gasteiger partial charge in [0.05, 0.1) is 0 Å². The highest BCUT2D eigenvalue weighted by molar-refractivity contribution is 5.49. The maximum absolute atomic E-state index is 13.5. The lowest BCUT2D eigenvalue weighted by Crippen LogP contribution is -2.07. The van der Waals surface area contributed by atoms with Crippen LogP contribution in [0.1, 0.15) is 5.56 Å². The van der Waals surface area contributed by atoms with Gasteiger partial charge in [-0.3, -0.25) is 0 Å². The quantitative estimate of drug-likeness (QED) is 0.694. The second-order valence-corrected chi connectivity index (χ2v) is 4.38. The van der Waals surface area contributed by atoms with Crippen LogP contribution < -0.4 is 14.8 Å². The minimum atomic E-state index is -1.46. The first-order chi connectivity index (χ1) is 10.1. The first-order valence-corrected chi connectivity index (χ1v) is 6.01. The number of hydrogen-bond donors (Lipinski definition) is 1. The highest BCUT2D eigenvalue weighted by atomic mass is 19.2. The maximum atomic E-state index is 13.5. The van der Waals surface area contributed by atoms with Gasteiger partial charge in [0.25, 0.3) is 0 Å². The van der Waals surface area contributed by atoms with Gasteiger partial charge < -0.3 is 14.8 Å². The average molecular weight is 299 g/mol. The molecular formula is C14H9F4NO2. The van der Waals surface area contributed by atoms with Crippen LogP contribution >= 0.6 is 0 Å². The van der Waals surface area contributed by atoms with Gasteiger partial charge in [-0.1, -0.05) is 6.07 Å². The minimum absolute atomic E-state index is 0.0344. The van der Waals surface area contributed by atoms with E-state index in [0.29, 0.717) is 17.1 Å². The Kier molecular flexibility index (Phi) is 3.32. The predicted octanol–water partition coefficient (Wildman–Crippen LogP) is 3.58. The van der Waals surface area contributed by atoms with Gasteiger partial charge in [0.1, 0.15) is 5.69 Å². The van der Waals surface area contributed by atoms with Crippen molar-refractivity contribution in [3.05, 3.63) is 53.1 Å². The SMILES string of the molecule is Fc1cc(F)c(F)c(NCc2ccc3c(c2)OCO3)c1F. The van der Waals surface area contributed by atoms with Crippen LogP contribution in [0.3, 0.4) is 0 Å². The summed E-state index contributed by atoms with van der Waals surface area (Å²) in [6, 6.07) is 5.06. The number of anilines is 1. The Labute approximate surface area is 117 Å². The Balaban J connectivity index is 1.82. The van der Waals surface area contributed by atoms with E-state index in [1.165, 1.54) is 0 Å². The van der Waals surface area contributed by atoms with Crippen molar-refractivity contribution in [2.45, 2.75) is 6.54 Å². The molecule has 21 heavy (non-hydrogen) atoms. The molecule has 3 nitrogen and oxygen atoms in total. The van der Waals surface area contributed by atoms with E-state index in [0.717, 1.165) is 0 Å². The van der Waals surface area contributed by atoms with Crippen LogP contribution in [0.4, 0.5) is 23.2 Å². The highest BCUT2D eigenvalue weighted by Crippen LogP contribution is 2.33. The van der Waals surface area contributed by atoms with Crippen LogP contribution in [-0.2, 0) is 6.54 Å². The van der Waals surface area contributed by atoms with Crippen molar-refractivity contribution in [3.8, 4) is 11.5 Å². The summed E-state index contributed by atoms with van der Waals surface area (Å²) in [6.45, 7) is 0.0674. The number of fused-ring (bicyclic) bond motifs is 1. The van der Waals surface area contributed by atoms with Gasteiger partial charge in [0.15, 0.2) is 34.8 Å². The van der Waals surface area contributed by atoms with E-state index >= 15 is 0 Å². The zero-order valence-electron chi connectivity index (χ0n) is 10.6. The van der Waals surface area contributed by atoms with Gasteiger partial charge in [-0.15, -0.1) is 0 Å². The smallest absolute Gasteiger partial charge is 0.231 e. The van der Waals surface area contributed by atoms with Crippen molar-refractivity contribution in [2.75, 3.05) is 12.1 Å². The molecule has 1 N–H and O–H groups in total. The van der Waals surface area contributed by atoms with Gasteiger partial charge in [-0.2, -0.15) is 0 Å². The van der Waals surface area contributed by atoms with E-state index in [2.05, 4.69) is 5.32 Å². The number of benzene rings is 2. The molecule has 0 bridgehead atoms. The minimum Gasteiger partial charge on any atom is -0.454 e. The standard InChI is InChI=1S/C14H9F4NO2/c15-8-4-9(16)13(18)14(12(8)17)19-5-7-1-2-10-11(3-7)21-6-20-10/h1-4,19H,5-6H2. The topological polar surface area (TPSA) is 30.5 Å². The molecule has 0 saturated heterocycles. The summed E-state index contributed by atoms with van der Waals surface area (Å²) in [5, 5.41) is 2.34. The fraction of sp³-hybridized carbons (Fsp3) is 0.143. The number of hydrogen-bond acceptors (Lipinski definition) is 3. The van der Waals surface area contributed by atoms with Crippen molar-refractivity contribution >= 4 is 5.69 Å². The Bertz CT molecular complexity index is 680. The molecule has 0 spiro atoms. The normalized spacial score (nSPS) is 12.6. The van der Waals surface area contributed by atoms with E-state index in [9.17, 15) is 17.6 Å². The number of rotatable bonds is 3. The Morgan fingerprint density at radius 3 is 2.29 bits per heavy atom. The molecule has 0 unspecified atom stereocenters. The summed E-state index contributed by atoms with van der Waals surface area (Å²) < 4.78 is 63.4. The van der Waals surface area contributed by atoms with Crippen LogP contribution in [0.15, 0.2) is 24.3 Å². The lowest BCUT2D eigenvalue weighted by Gasteiger charge is -2.10. The molecule has 0 saturated carbocycles. The third kappa shape index (κ3) is 2.46. The van der Waals surface area contributed by atoms with Crippen molar-refractivity contribution in [1.29, 1.82) is 0 Å². The number of nitrogens with one attached hydrogen (secondary N) is 1. The molecule has 7 heteroatoms. The average Bonchev–Trinajstić information content (AvgIpc) is 2.92. The lowest BCUT2D eigenvalue weighted by atomic mass is 10.2. The summed E-state index contributed by atoms with van der Waals surface area (Å²) in [4.78, 5) is 0. The van der Waals surface area contributed by atoms with Crippen molar-refractivity contribution < 1.29 is 27.0 Å². The fourth-order valence-corrected chi connectivity index (χ4v) is 1.97. The Morgan fingerprint density at radius 1 is 0.905 bits per heavy atom. The molecular weight excluding hydrogens is 290 g/mol. The van der Waals surface area contributed by atoms with E-state index in [1.54, 1.807) is 18.2 Å². The summed E-state index contributed by atoms with van der Waals surface area (Å²) in [6.07, 6.45) is 0. The summed E-state index contributed by atoms with van der Waals surface area (Å²) >= 11 is 0. The van der Waals surface area contributed by atoms with Gasteiger partial charge in [-0.25, -0.2) is 17.6 Å². The molecule has 0 radical (unpaired) electrons. The monoisotopic (exact) mass is 299 g/mol. The highest BCUT2D eigenvalue weighted by Gasteiger charge is 2.19. The summed E-state index contributed by atoms with van der Waals surface area (Å²) in [5.41, 5.74) is -0.229. The van der Waals surface area contributed by atoms with Gasteiger partial charge in [0.2, 0.25) is 6.79 Å². The van der Waals surface area contributed by atoms with Crippen molar-refractivity contribution in [2.24, 2.45) is 0 Å². The van der Waals surface area contributed by atoms with Crippen LogP contribution in [0.2, 0.25) is 0 Å². The van der Waals surface area contributed by atoms with Crippen LogP contribution in [0, 0.1) is 23.3 Å². The van der Waals surface area contributed by atoms with Crippen LogP contribution in [-0.4, -0.2) is 6.79 Å². The van der Waals surface area contributed by atoms with Gasteiger partial charge in [0, 0.05) is 12.6 Å². The summed E-state index contributed by atoms with van der Waals surface area (Å²) in [5.74, 6) is -4.78. The molecule has 2 aromatic carbocycles. The third-order valence-electron chi connectivity index (χ3n) is 3.02. The first-order valence-electron chi connectivity index (χ1n) is 6.01. The molecule has 2 aromatic rings. The molecule has 1 heterocycles. The Hall–Kier alpha value is -2.44. The second kappa shape index (κ2) is 5.16. The molecule has 0 aromatic heterocycles. The van der Waals surface area contributed by atoms with E-state index in [-0.39, 0.29) is 19.4 Å². The van der Waals surface area contributed by atoms with E-state index in [4.69, 9.17) is 9.47 Å². The summed E-state index contributed by atoms with van der Waals surface area (Å²) in [7, 11) is 0. The second-order valence-electron chi connectivity index (χ2n) is 4.38. The van der Waals surface area contributed by atoms with Crippen LogP contribution in [0.5, 0.6) is 11.5 Å².